The molecule has 0 amide bonds. The van der Waals surface area contributed by atoms with Gasteiger partial charge in [-0.05, 0) is 73.8 Å². The second-order valence-electron chi connectivity index (χ2n) is 12.5. The lowest BCUT2D eigenvalue weighted by Crippen LogP contribution is -2.44. The molecule has 4 nitrogen and oxygen atoms in total. The lowest BCUT2D eigenvalue weighted by molar-refractivity contribution is -0.150. The van der Waals surface area contributed by atoms with E-state index < -0.39 is 0 Å². The Bertz CT molecular complexity index is 1100. The average molecular weight is 549 g/mol. The van der Waals surface area contributed by atoms with Crippen LogP contribution in [0.5, 0.6) is 0 Å². The van der Waals surface area contributed by atoms with Crippen LogP contribution in [0.15, 0.2) is 42.5 Å². The average Bonchev–Trinajstić information content (AvgIpc) is 3.28. The molecule has 2 aromatic rings. The van der Waals surface area contributed by atoms with Gasteiger partial charge in [0.25, 0.3) is 0 Å². The molecule has 2 heterocycles. The molecule has 5 heteroatoms. The Morgan fingerprint density at radius 2 is 1.75 bits per heavy atom. The first-order valence-corrected chi connectivity index (χ1v) is 16.1. The van der Waals surface area contributed by atoms with Gasteiger partial charge in [0, 0.05) is 38.5 Å². The molecular formula is C35H49FN2O2. The summed E-state index contributed by atoms with van der Waals surface area (Å²) in [6.07, 6.45) is 15.2. The number of para-hydroxylation sites is 1. The molecule has 2 unspecified atom stereocenters. The quantitative estimate of drug-likeness (QED) is 0.174. The van der Waals surface area contributed by atoms with Crippen LogP contribution >= 0.6 is 0 Å². The van der Waals surface area contributed by atoms with Crippen molar-refractivity contribution in [3.05, 3.63) is 59.4 Å². The number of carbonyl (C=O) groups is 1. The SMILES string of the molecule is CCCCCCCCCC(=O)OC(CCCC1CC[C@H]2[C@@H](C1)c1cccc3c1N2CCN3C)c1ccc(F)cc1. The fourth-order valence-electron chi connectivity index (χ4n) is 7.51. The van der Waals surface area contributed by atoms with Crippen LogP contribution in [0.3, 0.4) is 0 Å². The third kappa shape index (κ3) is 6.83. The van der Waals surface area contributed by atoms with Crippen molar-refractivity contribution in [3.8, 4) is 0 Å². The number of esters is 1. The van der Waals surface area contributed by atoms with Gasteiger partial charge in [-0.2, -0.15) is 0 Å². The number of nitrogens with zero attached hydrogens (tertiary/aromatic N) is 2. The molecule has 2 aromatic carbocycles. The maximum atomic E-state index is 13.6. The van der Waals surface area contributed by atoms with E-state index in [0.717, 1.165) is 50.8 Å². The molecule has 0 N–H and O–H groups in total. The van der Waals surface area contributed by atoms with Crippen molar-refractivity contribution in [2.75, 3.05) is 29.9 Å². The number of unbranched alkanes of at least 4 members (excludes halogenated alkanes) is 6. The summed E-state index contributed by atoms with van der Waals surface area (Å²) in [5, 5.41) is 0. The molecule has 1 aliphatic carbocycles. The number of carbonyl (C=O) groups excluding carboxylic acids is 1. The molecule has 40 heavy (non-hydrogen) atoms. The molecule has 3 aliphatic rings. The van der Waals surface area contributed by atoms with Crippen LogP contribution < -0.4 is 9.80 Å². The van der Waals surface area contributed by atoms with E-state index in [9.17, 15) is 9.18 Å². The van der Waals surface area contributed by atoms with Crippen LogP contribution in [-0.4, -0.2) is 32.1 Å². The number of hydrogen-bond donors (Lipinski definition) is 0. The molecule has 218 valence electrons. The van der Waals surface area contributed by atoms with Gasteiger partial charge in [0.2, 0.25) is 0 Å². The summed E-state index contributed by atoms with van der Waals surface area (Å²) < 4.78 is 19.6. The van der Waals surface area contributed by atoms with Gasteiger partial charge in [-0.15, -0.1) is 0 Å². The predicted molar refractivity (Wildman–Crippen MR) is 163 cm³/mol. The number of ether oxygens (including phenoxy) is 1. The summed E-state index contributed by atoms with van der Waals surface area (Å²) in [5.74, 6) is 0.969. The number of anilines is 2. The van der Waals surface area contributed by atoms with Crippen LogP contribution in [0.25, 0.3) is 0 Å². The monoisotopic (exact) mass is 548 g/mol. The second kappa shape index (κ2) is 13.9. The van der Waals surface area contributed by atoms with Gasteiger partial charge in [0.15, 0.2) is 0 Å². The Labute approximate surface area is 241 Å². The molecule has 0 bridgehead atoms. The number of hydrogen-bond acceptors (Lipinski definition) is 4. The Kier molecular flexibility index (Phi) is 10.0. The van der Waals surface area contributed by atoms with Gasteiger partial charge < -0.3 is 14.5 Å². The highest BCUT2D eigenvalue weighted by Gasteiger charge is 2.44. The first-order chi connectivity index (χ1) is 19.5. The van der Waals surface area contributed by atoms with Crippen LogP contribution in [0.1, 0.15) is 120 Å². The molecule has 2 aliphatic heterocycles. The minimum Gasteiger partial charge on any atom is -0.457 e. The van der Waals surface area contributed by atoms with Gasteiger partial charge in [0.05, 0.1) is 11.4 Å². The normalized spacial score (nSPS) is 22.1. The van der Waals surface area contributed by atoms with Crippen LogP contribution in [-0.2, 0) is 9.53 Å². The van der Waals surface area contributed by atoms with E-state index in [-0.39, 0.29) is 17.9 Å². The van der Waals surface area contributed by atoms with Crippen LogP contribution in [0, 0.1) is 11.7 Å². The second-order valence-corrected chi connectivity index (χ2v) is 12.5. The third-order valence-corrected chi connectivity index (χ3v) is 9.72. The molecule has 1 fully saturated rings. The largest absolute Gasteiger partial charge is 0.457 e. The first kappa shape index (κ1) is 29.0. The van der Waals surface area contributed by atoms with E-state index in [4.69, 9.17) is 4.74 Å². The minimum atomic E-state index is -0.288. The fourth-order valence-corrected chi connectivity index (χ4v) is 7.51. The van der Waals surface area contributed by atoms with E-state index >= 15 is 0 Å². The highest BCUT2D eigenvalue weighted by atomic mass is 19.1. The van der Waals surface area contributed by atoms with Gasteiger partial charge in [0.1, 0.15) is 11.9 Å². The Hall–Kier alpha value is -2.56. The van der Waals surface area contributed by atoms with Crippen molar-refractivity contribution in [1.29, 1.82) is 0 Å². The van der Waals surface area contributed by atoms with Crippen molar-refractivity contribution >= 4 is 17.3 Å². The minimum absolute atomic E-state index is 0.114. The van der Waals surface area contributed by atoms with E-state index in [2.05, 4.69) is 42.0 Å². The highest BCUT2D eigenvalue weighted by molar-refractivity contribution is 5.80. The van der Waals surface area contributed by atoms with E-state index in [0.29, 0.717) is 24.3 Å². The molecule has 1 saturated carbocycles. The summed E-state index contributed by atoms with van der Waals surface area (Å²) in [6, 6.07) is 14.1. The zero-order valence-electron chi connectivity index (χ0n) is 24.8. The molecule has 5 rings (SSSR count). The summed E-state index contributed by atoms with van der Waals surface area (Å²) in [7, 11) is 2.22. The third-order valence-electron chi connectivity index (χ3n) is 9.72. The number of rotatable bonds is 14. The Morgan fingerprint density at radius 3 is 2.55 bits per heavy atom. The zero-order valence-corrected chi connectivity index (χ0v) is 24.8. The molecule has 0 aromatic heterocycles. The van der Waals surface area contributed by atoms with Crippen molar-refractivity contribution in [3.63, 3.8) is 0 Å². The predicted octanol–water partition coefficient (Wildman–Crippen LogP) is 8.94. The van der Waals surface area contributed by atoms with Gasteiger partial charge in [-0.3, -0.25) is 4.79 Å². The maximum absolute atomic E-state index is 13.6. The lowest BCUT2D eigenvalue weighted by atomic mass is 9.74. The van der Waals surface area contributed by atoms with Crippen LogP contribution in [0.2, 0.25) is 0 Å². The van der Waals surface area contributed by atoms with Crippen molar-refractivity contribution in [2.24, 2.45) is 5.92 Å². The standard InChI is InChI=1S/C35H49FN2O2/c1-3-4-5-6-7-8-9-16-34(39)40-33(27-18-20-28(36)21-19-27)15-10-12-26-17-22-31-30(25-26)29-13-11-14-32-35(29)38(31)24-23-37(32)2/h11,13-14,18-21,26,30-31,33H,3-10,12,15-17,22-25H2,1-2H3/t26?,30-,31-,33?/m0/s1. The van der Waals surface area contributed by atoms with E-state index in [1.165, 1.54) is 74.9 Å². The summed E-state index contributed by atoms with van der Waals surface area (Å²) >= 11 is 0. The molecule has 4 atom stereocenters. The molecule has 0 saturated heterocycles. The first-order valence-electron chi connectivity index (χ1n) is 16.1. The van der Waals surface area contributed by atoms with Crippen molar-refractivity contribution in [2.45, 2.75) is 115 Å². The number of likely N-dealkylation sites (N-methyl/N-ethyl adjacent to an activating group) is 1. The Morgan fingerprint density at radius 1 is 0.975 bits per heavy atom. The number of benzene rings is 2. The summed E-state index contributed by atoms with van der Waals surface area (Å²) in [5.41, 5.74) is 5.36. The zero-order chi connectivity index (χ0) is 27.9. The maximum Gasteiger partial charge on any atom is 0.306 e. The fraction of sp³-hybridized carbons (Fsp3) is 0.629. The van der Waals surface area contributed by atoms with Gasteiger partial charge in [-0.25, -0.2) is 4.39 Å². The number of fused-ring (bicyclic) bond motifs is 3. The Balaban J connectivity index is 1.13. The lowest BCUT2D eigenvalue weighted by Gasteiger charge is -2.40. The molecule has 0 radical (unpaired) electrons. The summed E-state index contributed by atoms with van der Waals surface area (Å²) in [4.78, 5) is 17.9. The van der Waals surface area contributed by atoms with Crippen LogP contribution in [0.4, 0.5) is 15.8 Å². The van der Waals surface area contributed by atoms with Gasteiger partial charge in [-0.1, -0.05) is 76.1 Å². The number of halogens is 1. The van der Waals surface area contributed by atoms with E-state index in [1.54, 1.807) is 17.7 Å². The van der Waals surface area contributed by atoms with Gasteiger partial charge >= 0.3 is 5.97 Å². The summed E-state index contributed by atoms with van der Waals surface area (Å²) in [6.45, 7) is 4.47. The van der Waals surface area contributed by atoms with Crippen molar-refractivity contribution in [1.82, 2.24) is 0 Å². The topological polar surface area (TPSA) is 32.8 Å². The van der Waals surface area contributed by atoms with E-state index in [1.807, 2.05) is 0 Å². The molecule has 0 spiro atoms. The van der Waals surface area contributed by atoms with Crippen molar-refractivity contribution < 1.29 is 13.9 Å². The highest BCUT2D eigenvalue weighted by Crippen LogP contribution is 2.54. The smallest absolute Gasteiger partial charge is 0.306 e. The molecular weight excluding hydrogens is 499 g/mol.